The lowest BCUT2D eigenvalue weighted by Gasteiger charge is -2.10. The number of phosphoric acid groups is 1. The standard InChI is InChI=1S/C6H10N3O5P.FH/c7-5(1-4-2-8-3-9-4)6(10)14-15(11,12)13;/h2-3,5H,1,7H2,(H,8,9)(H2,11,12,13);1H/t5-;/m0./s1. The van der Waals surface area contributed by atoms with Gasteiger partial charge in [-0.2, -0.15) is 0 Å². The summed E-state index contributed by atoms with van der Waals surface area (Å²) in [5.41, 5.74) is 5.92. The van der Waals surface area contributed by atoms with Crippen molar-refractivity contribution in [3.8, 4) is 0 Å². The molecule has 0 spiro atoms. The van der Waals surface area contributed by atoms with E-state index in [1.54, 1.807) is 0 Å². The third-order valence-electron chi connectivity index (χ3n) is 1.51. The molecule has 5 N–H and O–H groups in total. The minimum absolute atomic E-state index is 0. The van der Waals surface area contributed by atoms with Gasteiger partial charge in [0.15, 0.2) is 0 Å². The van der Waals surface area contributed by atoms with Gasteiger partial charge < -0.3 is 15.2 Å². The van der Waals surface area contributed by atoms with Gasteiger partial charge in [-0.25, -0.2) is 14.3 Å². The molecule has 0 fully saturated rings. The van der Waals surface area contributed by atoms with E-state index in [9.17, 15) is 9.36 Å². The fraction of sp³-hybridized carbons (Fsp3) is 0.333. The Morgan fingerprint density at radius 2 is 2.31 bits per heavy atom. The summed E-state index contributed by atoms with van der Waals surface area (Å²) >= 11 is 0. The monoisotopic (exact) mass is 255 g/mol. The highest BCUT2D eigenvalue weighted by Gasteiger charge is 2.25. The maximum absolute atomic E-state index is 11.0. The third-order valence-corrected chi connectivity index (χ3v) is 1.92. The molecule has 0 saturated carbocycles. The number of carbonyl (C=O) groups is 1. The van der Waals surface area contributed by atoms with Crippen LogP contribution in [-0.2, 0) is 20.3 Å². The summed E-state index contributed by atoms with van der Waals surface area (Å²) in [4.78, 5) is 34.1. The average Bonchev–Trinajstić information content (AvgIpc) is 2.53. The van der Waals surface area contributed by atoms with Crippen LogP contribution in [0, 0.1) is 0 Å². The molecule has 0 amide bonds. The van der Waals surface area contributed by atoms with Crippen LogP contribution in [-0.4, -0.2) is 31.8 Å². The Morgan fingerprint density at radius 1 is 1.69 bits per heavy atom. The second-order valence-corrected chi connectivity index (χ2v) is 3.95. The summed E-state index contributed by atoms with van der Waals surface area (Å²) < 4.78 is 14.1. The second-order valence-electron chi connectivity index (χ2n) is 2.79. The van der Waals surface area contributed by atoms with Gasteiger partial charge in [0.1, 0.15) is 6.04 Å². The van der Waals surface area contributed by atoms with E-state index < -0.39 is 19.8 Å². The molecule has 1 heterocycles. The van der Waals surface area contributed by atoms with E-state index in [0.29, 0.717) is 5.69 Å². The van der Waals surface area contributed by atoms with E-state index >= 15 is 0 Å². The number of aromatic amines is 1. The molecule has 16 heavy (non-hydrogen) atoms. The second kappa shape index (κ2) is 5.71. The molecule has 92 valence electrons. The maximum atomic E-state index is 11.0. The van der Waals surface area contributed by atoms with Gasteiger partial charge in [-0.1, -0.05) is 0 Å². The number of rotatable bonds is 4. The Morgan fingerprint density at radius 3 is 2.75 bits per heavy atom. The van der Waals surface area contributed by atoms with Crippen molar-refractivity contribution in [2.45, 2.75) is 12.5 Å². The maximum Gasteiger partial charge on any atom is 0.527 e. The van der Waals surface area contributed by atoms with Crippen LogP contribution in [0.1, 0.15) is 5.69 Å². The first kappa shape index (κ1) is 14.7. The summed E-state index contributed by atoms with van der Waals surface area (Å²) in [6, 6.07) is -1.14. The number of carbonyl (C=O) groups excluding carboxylic acids is 1. The predicted octanol–water partition coefficient (Wildman–Crippen LogP) is -0.932. The molecule has 0 aliphatic carbocycles. The average molecular weight is 255 g/mol. The SMILES string of the molecule is F.N[C@@H](Cc1cnc[nH]1)C(=O)OP(=O)(O)O. The zero-order valence-corrected chi connectivity index (χ0v) is 8.83. The molecule has 0 saturated heterocycles. The van der Waals surface area contributed by atoms with Crippen LogP contribution in [0.4, 0.5) is 4.70 Å². The van der Waals surface area contributed by atoms with E-state index in [1.807, 2.05) is 0 Å². The number of nitrogens with zero attached hydrogens (tertiary/aromatic N) is 1. The Labute approximate surface area is 89.4 Å². The van der Waals surface area contributed by atoms with Gasteiger partial charge in [0.05, 0.1) is 6.33 Å². The van der Waals surface area contributed by atoms with Crippen molar-refractivity contribution in [2.75, 3.05) is 0 Å². The van der Waals surface area contributed by atoms with Crippen LogP contribution in [0.5, 0.6) is 0 Å². The highest BCUT2D eigenvalue weighted by Crippen LogP contribution is 2.36. The topological polar surface area (TPSA) is 139 Å². The molecule has 1 aromatic heterocycles. The number of H-pyrrole nitrogens is 1. The molecule has 0 bridgehead atoms. The van der Waals surface area contributed by atoms with E-state index in [4.69, 9.17) is 15.5 Å². The molecule has 1 aromatic rings. The van der Waals surface area contributed by atoms with Gasteiger partial charge in [-0.15, -0.1) is 0 Å². The molecule has 0 aliphatic rings. The van der Waals surface area contributed by atoms with Gasteiger partial charge in [0.2, 0.25) is 0 Å². The fourth-order valence-electron chi connectivity index (χ4n) is 0.901. The van der Waals surface area contributed by atoms with Gasteiger partial charge in [-0.05, 0) is 0 Å². The highest BCUT2D eigenvalue weighted by molar-refractivity contribution is 7.46. The number of phosphoric ester groups is 1. The normalized spacial score (nSPS) is 12.7. The molecule has 10 heteroatoms. The lowest BCUT2D eigenvalue weighted by Crippen LogP contribution is -2.33. The summed E-state index contributed by atoms with van der Waals surface area (Å²) in [5, 5.41) is 0. The van der Waals surface area contributed by atoms with Crippen molar-refractivity contribution in [2.24, 2.45) is 5.73 Å². The van der Waals surface area contributed by atoms with E-state index in [0.717, 1.165) is 0 Å². The molecule has 8 nitrogen and oxygen atoms in total. The van der Waals surface area contributed by atoms with Gasteiger partial charge in [-0.3, -0.25) is 14.5 Å². The number of hydrogen-bond donors (Lipinski definition) is 4. The zero-order chi connectivity index (χ0) is 11.5. The third kappa shape index (κ3) is 4.99. The Hall–Kier alpha value is -1.28. The van der Waals surface area contributed by atoms with Gasteiger partial charge in [0, 0.05) is 18.3 Å². The lowest BCUT2D eigenvalue weighted by atomic mass is 10.2. The summed E-state index contributed by atoms with van der Waals surface area (Å²) in [5.74, 6) is -1.15. The van der Waals surface area contributed by atoms with Crippen LogP contribution in [0.2, 0.25) is 0 Å². The Kier molecular flexibility index (Phi) is 5.25. The lowest BCUT2D eigenvalue weighted by molar-refractivity contribution is -0.137. The van der Waals surface area contributed by atoms with Crippen molar-refractivity contribution in [1.82, 2.24) is 9.97 Å². The van der Waals surface area contributed by atoms with E-state index in [2.05, 4.69) is 14.5 Å². The van der Waals surface area contributed by atoms with Gasteiger partial charge in [0.25, 0.3) is 0 Å². The molecule has 0 aliphatic heterocycles. The van der Waals surface area contributed by atoms with E-state index in [1.165, 1.54) is 12.5 Å². The number of hydrogen-bond acceptors (Lipinski definition) is 5. The van der Waals surface area contributed by atoms with Crippen LogP contribution in [0.25, 0.3) is 0 Å². The van der Waals surface area contributed by atoms with Gasteiger partial charge >= 0.3 is 13.8 Å². The summed E-state index contributed by atoms with van der Waals surface area (Å²) in [7, 11) is -4.82. The minimum atomic E-state index is -4.82. The molecule has 1 atom stereocenters. The van der Waals surface area contributed by atoms with Crippen molar-refractivity contribution in [1.29, 1.82) is 0 Å². The predicted molar refractivity (Wildman–Crippen MR) is 50.9 cm³/mol. The quantitative estimate of drug-likeness (QED) is 0.509. The fourth-order valence-corrected chi connectivity index (χ4v) is 1.27. The molecule has 0 unspecified atom stereocenters. The number of nitrogens with two attached hydrogens (primary N) is 1. The van der Waals surface area contributed by atoms with Crippen LogP contribution < -0.4 is 5.73 Å². The molecule has 0 radical (unpaired) electrons. The van der Waals surface area contributed by atoms with Crippen molar-refractivity contribution < 1.29 is 28.4 Å². The first-order valence-electron chi connectivity index (χ1n) is 3.90. The minimum Gasteiger partial charge on any atom is -0.369 e. The smallest absolute Gasteiger partial charge is 0.369 e. The Balaban J connectivity index is 0.00000225. The number of imidazole rings is 1. The first-order valence-corrected chi connectivity index (χ1v) is 5.43. The largest absolute Gasteiger partial charge is 0.527 e. The van der Waals surface area contributed by atoms with Crippen LogP contribution in [0.15, 0.2) is 12.5 Å². The van der Waals surface area contributed by atoms with Crippen molar-refractivity contribution in [3.05, 3.63) is 18.2 Å². The van der Waals surface area contributed by atoms with Crippen LogP contribution >= 0.6 is 7.82 Å². The van der Waals surface area contributed by atoms with Crippen molar-refractivity contribution >= 4 is 13.8 Å². The van der Waals surface area contributed by atoms with E-state index in [-0.39, 0.29) is 11.1 Å². The number of nitrogens with one attached hydrogen (secondary N) is 1. The molecule has 0 aromatic carbocycles. The summed E-state index contributed by atoms with van der Waals surface area (Å²) in [6.07, 6.45) is 2.92. The first-order chi connectivity index (χ1) is 6.88. The molecular weight excluding hydrogens is 244 g/mol. The molecule has 1 rings (SSSR count). The van der Waals surface area contributed by atoms with Crippen LogP contribution in [0.3, 0.4) is 0 Å². The summed E-state index contributed by atoms with van der Waals surface area (Å²) in [6.45, 7) is 0. The Bertz CT molecular complexity index is 378. The molecular formula is C6H11FN3O5P. The number of halogens is 1. The van der Waals surface area contributed by atoms with Crippen molar-refractivity contribution in [3.63, 3.8) is 0 Å². The zero-order valence-electron chi connectivity index (χ0n) is 7.94. The highest BCUT2D eigenvalue weighted by atomic mass is 31.2. The number of aromatic nitrogens is 2.